The molecule has 0 aliphatic rings. The number of rotatable bonds is 3. The van der Waals surface area contributed by atoms with E-state index >= 15 is 0 Å². The van der Waals surface area contributed by atoms with Crippen molar-refractivity contribution in [2.75, 3.05) is 11.6 Å². The van der Waals surface area contributed by atoms with E-state index in [1.54, 1.807) is 12.4 Å². The molecule has 0 bridgehead atoms. The minimum absolute atomic E-state index is 0.236. The molecule has 0 spiro atoms. The normalized spacial score (nSPS) is 10.4. The number of aryl methyl sites for hydroxylation is 2. The molecule has 78 valence electrons. The number of pyridine rings is 1. The van der Waals surface area contributed by atoms with Crippen LogP contribution in [0.15, 0.2) is 24.5 Å². The van der Waals surface area contributed by atoms with Crippen LogP contribution in [0, 0.1) is 0 Å². The van der Waals surface area contributed by atoms with Gasteiger partial charge in [0.25, 0.3) is 0 Å². The number of nitrogens with zero attached hydrogens (tertiary/aromatic N) is 4. The molecule has 0 saturated carbocycles. The SMILES string of the molecule is Nc1nnc(CCc2ccncc2)n1N. The number of anilines is 1. The quantitative estimate of drug-likeness (QED) is 0.672. The lowest BCUT2D eigenvalue weighted by atomic mass is 10.1. The van der Waals surface area contributed by atoms with Gasteiger partial charge in [0, 0.05) is 18.8 Å². The second-order valence-electron chi connectivity index (χ2n) is 3.20. The Balaban J connectivity index is 2.02. The van der Waals surface area contributed by atoms with Crippen molar-refractivity contribution in [3.05, 3.63) is 35.9 Å². The predicted molar refractivity (Wildman–Crippen MR) is 56.2 cm³/mol. The summed E-state index contributed by atoms with van der Waals surface area (Å²) in [5.41, 5.74) is 6.65. The lowest BCUT2D eigenvalue weighted by molar-refractivity contribution is 0.804. The van der Waals surface area contributed by atoms with E-state index in [0.717, 1.165) is 6.42 Å². The zero-order chi connectivity index (χ0) is 10.7. The molecule has 0 saturated heterocycles. The first-order valence-electron chi connectivity index (χ1n) is 4.61. The fraction of sp³-hybridized carbons (Fsp3) is 0.222. The lowest BCUT2D eigenvalue weighted by Crippen LogP contribution is -2.16. The first kappa shape index (κ1) is 9.45. The third kappa shape index (κ3) is 2.04. The average molecular weight is 204 g/mol. The molecule has 2 rings (SSSR count). The maximum atomic E-state index is 5.62. The molecule has 0 atom stereocenters. The standard InChI is InChI=1S/C9H12N6/c10-9-14-13-8(15(9)11)2-1-7-3-5-12-6-4-7/h3-6H,1-2,11H2,(H2,10,14). The van der Waals surface area contributed by atoms with Crippen molar-refractivity contribution in [1.82, 2.24) is 19.9 Å². The molecule has 0 aliphatic carbocycles. The molecule has 2 aromatic heterocycles. The van der Waals surface area contributed by atoms with Crippen molar-refractivity contribution < 1.29 is 0 Å². The smallest absolute Gasteiger partial charge is 0.240 e. The molecule has 6 nitrogen and oxygen atoms in total. The Labute approximate surface area is 86.9 Å². The van der Waals surface area contributed by atoms with Gasteiger partial charge in [0.1, 0.15) is 0 Å². The molecular formula is C9H12N6. The zero-order valence-corrected chi connectivity index (χ0v) is 8.17. The number of aromatic nitrogens is 4. The van der Waals surface area contributed by atoms with Gasteiger partial charge in [0.15, 0.2) is 5.82 Å². The van der Waals surface area contributed by atoms with Crippen LogP contribution in [0.4, 0.5) is 5.95 Å². The van der Waals surface area contributed by atoms with E-state index in [1.807, 2.05) is 12.1 Å². The Kier molecular flexibility index (Phi) is 2.49. The summed E-state index contributed by atoms with van der Waals surface area (Å²) in [6, 6.07) is 3.92. The van der Waals surface area contributed by atoms with Crippen LogP contribution in [-0.2, 0) is 12.8 Å². The Morgan fingerprint density at radius 2 is 1.87 bits per heavy atom. The van der Waals surface area contributed by atoms with Crippen LogP contribution in [0.3, 0.4) is 0 Å². The van der Waals surface area contributed by atoms with Gasteiger partial charge >= 0.3 is 0 Å². The topological polar surface area (TPSA) is 95.6 Å². The Hall–Kier alpha value is -2.11. The van der Waals surface area contributed by atoms with E-state index < -0.39 is 0 Å². The zero-order valence-electron chi connectivity index (χ0n) is 8.17. The molecule has 0 fully saturated rings. The van der Waals surface area contributed by atoms with Crippen LogP contribution in [0.2, 0.25) is 0 Å². The van der Waals surface area contributed by atoms with Gasteiger partial charge in [-0.15, -0.1) is 10.2 Å². The van der Waals surface area contributed by atoms with Gasteiger partial charge < -0.3 is 11.6 Å². The average Bonchev–Trinajstić information content (AvgIpc) is 2.59. The summed E-state index contributed by atoms with van der Waals surface area (Å²) in [6.45, 7) is 0. The minimum atomic E-state index is 0.236. The third-order valence-electron chi connectivity index (χ3n) is 2.18. The lowest BCUT2D eigenvalue weighted by Gasteiger charge is -2.01. The molecule has 0 aliphatic heterocycles. The van der Waals surface area contributed by atoms with Crippen LogP contribution >= 0.6 is 0 Å². The molecule has 2 aromatic rings. The summed E-state index contributed by atoms with van der Waals surface area (Å²) in [5, 5.41) is 7.56. The van der Waals surface area contributed by atoms with Crippen molar-refractivity contribution in [3.63, 3.8) is 0 Å². The highest BCUT2D eigenvalue weighted by molar-refractivity contribution is 5.18. The van der Waals surface area contributed by atoms with E-state index in [9.17, 15) is 0 Å². The Morgan fingerprint density at radius 1 is 1.13 bits per heavy atom. The van der Waals surface area contributed by atoms with E-state index in [-0.39, 0.29) is 5.95 Å². The number of hydrogen-bond donors (Lipinski definition) is 2. The molecule has 0 aromatic carbocycles. The van der Waals surface area contributed by atoms with Gasteiger partial charge in [-0.05, 0) is 24.1 Å². The van der Waals surface area contributed by atoms with Crippen molar-refractivity contribution in [1.29, 1.82) is 0 Å². The van der Waals surface area contributed by atoms with Crippen molar-refractivity contribution >= 4 is 5.95 Å². The monoisotopic (exact) mass is 204 g/mol. The molecule has 0 amide bonds. The Bertz CT molecular complexity index is 435. The third-order valence-corrected chi connectivity index (χ3v) is 2.18. The molecule has 2 heterocycles. The highest BCUT2D eigenvalue weighted by Crippen LogP contribution is 2.04. The summed E-state index contributed by atoms with van der Waals surface area (Å²) in [4.78, 5) is 3.94. The molecule has 0 unspecified atom stereocenters. The second-order valence-corrected chi connectivity index (χ2v) is 3.20. The van der Waals surface area contributed by atoms with Crippen LogP contribution < -0.4 is 11.6 Å². The fourth-order valence-corrected chi connectivity index (χ4v) is 1.31. The van der Waals surface area contributed by atoms with Crippen LogP contribution in [-0.4, -0.2) is 19.9 Å². The van der Waals surface area contributed by atoms with Gasteiger partial charge in [-0.3, -0.25) is 4.98 Å². The number of nitrogen functional groups attached to an aromatic ring is 2. The van der Waals surface area contributed by atoms with E-state index in [1.165, 1.54) is 10.2 Å². The number of nitrogens with two attached hydrogens (primary N) is 2. The summed E-state index contributed by atoms with van der Waals surface area (Å²) >= 11 is 0. The van der Waals surface area contributed by atoms with Gasteiger partial charge in [-0.25, -0.2) is 4.68 Å². The highest BCUT2D eigenvalue weighted by Gasteiger charge is 2.05. The van der Waals surface area contributed by atoms with Crippen molar-refractivity contribution in [3.8, 4) is 0 Å². The summed E-state index contributed by atoms with van der Waals surface area (Å²) in [6.07, 6.45) is 5.08. The van der Waals surface area contributed by atoms with E-state index in [2.05, 4.69) is 15.2 Å². The van der Waals surface area contributed by atoms with Gasteiger partial charge in [-0.2, -0.15) is 0 Å². The molecular weight excluding hydrogens is 192 g/mol. The maximum absolute atomic E-state index is 5.62. The van der Waals surface area contributed by atoms with Crippen LogP contribution in [0.5, 0.6) is 0 Å². The first-order valence-corrected chi connectivity index (χ1v) is 4.61. The number of hydrogen-bond acceptors (Lipinski definition) is 5. The molecule has 6 heteroatoms. The van der Waals surface area contributed by atoms with Gasteiger partial charge in [-0.1, -0.05) is 0 Å². The summed E-state index contributed by atoms with van der Waals surface area (Å²) in [5.74, 6) is 6.54. The Morgan fingerprint density at radius 3 is 2.47 bits per heavy atom. The second kappa shape index (κ2) is 3.95. The van der Waals surface area contributed by atoms with Crippen LogP contribution in [0.25, 0.3) is 0 Å². The van der Waals surface area contributed by atoms with Gasteiger partial charge in [0.2, 0.25) is 5.95 Å². The van der Waals surface area contributed by atoms with Crippen molar-refractivity contribution in [2.24, 2.45) is 0 Å². The van der Waals surface area contributed by atoms with Gasteiger partial charge in [0.05, 0.1) is 0 Å². The fourth-order valence-electron chi connectivity index (χ4n) is 1.31. The van der Waals surface area contributed by atoms with E-state index in [4.69, 9.17) is 11.6 Å². The predicted octanol–water partition coefficient (Wildman–Crippen LogP) is -0.246. The minimum Gasteiger partial charge on any atom is -0.366 e. The highest BCUT2D eigenvalue weighted by atomic mass is 15.4. The van der Waals surface area contributed by atoms with Crippen molar-refractivity contribution in [2.45, 2.75) is 12.8 Å². The largest absolute Gasteiger partial charge is 0.366 e. The summed E-state index contributed by atoms with van der Waals surface area (Å²) in [7, 11) is 0. The summed E-state index contributed by atoms with van der Waals surface area (Å²) < 4.78 is 1.31. The molecule has 4 N–H and O–H groups in total. The van der Waals surface area contributed by atoms with Crippen LogP contribution in [0.1, 0.15) is 11.4 Å². The molecule has 15 heavy (non-hydrogen) atoms. The first-order chi connectivity index (χ1) is 7.27. The molecule has 0 radical (unpaired) electrons. The van der Waals surface area contributed by atoms with E-state index in [0.29, 0.717) is 12.2 Å². The maximum Gasteiger partial charge on any atom is 0.240 e.